The van der Waals surface area contributed by atoms with E-state index in [0.717, 1.165) is 32.4 Å². The molecule has 2 amide bonds. The van der Waals surface area contributed by atoms with Crippen molar-refractivity contribution >= 4 is 17.5 Å². The summed E-state index contributed by atoms with van der Waals surface area (Å²) in [5.41, 5.74) is 1.52. The van der Waals surface area contributed by atoms with E-state index in [2.05, 4.69) is 10.6 Å². The third kappa shape index (κ3) is 2.86. The minimum Gasteiger partial charge on any atom is -0.345 e. The molecule has 2 fully saturated rings. The number of hydrogen-bond donors (Lipinski definition) is 2. The quantitative estimate of drug-likeness (QED) is 0.893. The van der Waals surface area contributed by atoms with Crippen LogP contribution in [0.15, 0.2) is 24.3 Å². The Morgan fingerprint density at radius 2 is 2.00 bits per heavy atom. The average molecular weight is 301 g/mol. The molecule has 1 unspecified atom stereocenters. The van der Waals surface area contributed by atoms with Crippen LogP contribution >= 0.6 is 0 Å². The zero-order chi connectivity index (χ0) is 15.7. The molecule has 2 aliphatic rings. The molecule has 0 radical (unpaired) electrons. The highest BCUT2D eigenvalue weighted by molar-refractivity contribution is 5.98. The normalized spacial score (nSPS) is 22.2. The van der Waals surface area contributed by atoms with E-state index in [1.54, 1.807) is 32.3 Å². The van der Waals surface area contributed by atoms with Crippen LogP contribution in [0.1, 0.15) is 29.6 Å². The summed E-state index contributed by atoms with van der Waals surface area (Å²) >= 11 is 0. The Morgan fingerprint density at radius 1 is 1.27 bits per heavy atom. The third-order valence-corrected chi connectivity index (χ3v) is 4.89. The predicted octanol–water partition coefficient (Wildman–Crippen LogP) is 1.72. The van der Waals surface area contributed by atoms with Crippen LogP contribution in [0.25, 0.3) is 0 Å². The minimum atomic E-state index is -0.0580. The van der Waals surface area contributed by atoms with Crippen LogP contribution < -0.4 is 10.6 Å². The van der Waals surface area contributed by atoms with Gasteiger partial charge in [0.05, 0.1) is 0 Å². The van der Waals surface area contributed by atoms with Crippen LogP contribution in [0.5, 0.6) is 0 Å². The van der Waals surface area contributed by atoms with Crippen LogP contribution in [-0.4, -0.2) is 43.9 Å². The lowest BCUT2D eigenvalue weighted by molar-refractivity contribution is -0.118. The van der Waals surface area contributed by atoms with Crippen molar-refractivity contribution in [1.29, 1.82) is 0 Å². The van der Waals surface area contributed by atoms with Gasteiger partial charge < -0.3 is 15.5 Å². The number of piperidine rings is 1. The van der Waals surface area contributed by atoms with Crippen molar-refractivity contribution in [1.82, 2.24) is 10.2 Å². The highest BCUT2D eigenvalue weighted by Crippen LogP contribution is 2.58. The molecule has 2 N–H and O–H groups in total. The smallest absolute Gasteiger partial charge is 0.253 e. The molecule has 3 rings (SSSR count). The fourth-order valence-electron chi connectivity index (χ4n) is 3.41. The Balaban J connectivity index is 1.65. The summed E-state index contributed by atoms with van der Waals surface area (Å²) < 4.78 is 0. The fourth-order valence-corrected chi connectivity index (χ4v) is 3.41. The molecule has 1 saturated heterocycles. The highest BCUT2D eigenvalue weighted by atomic mass is 16.2. The summed E-state index contributed by atoms with van der Waals surface area (Å²) in [4.78, 5) is 25.9. The molecular formula is C17H23N3O2. The van der Waals surface area contributed by atoms with E-state index in [1.807, 2.05) is 6.07 Å². The summed E-state index contributed by atoms with van der Waals surface area (Å²) in [6, 6.07) is 7.16. The molecule has 5 heteroatoms. The summed E-state index contributed by atoms with van der Waals surface area (Å²) in [5, 5.41) is 6.33. The lowest BCUT2D eigenvalue weighted by Crippen LogP contribution is -2.31. The monoisotopic (exact) mass is 301 g/mol. The van der Waals surface area contributed by atoms with Crippen molar-refractivity contribution < 1.29 is 9.59 Å². The van der Waals surface area contributed by atoms with E-state index in [4.69, 9.17) is 0 Å². The van der Waals surface area contributed by atoms with Gasteiger partial charge in [0.1, 0.15) is 0 Å². The van der Waals surface area contributed by atoms with E-state index in [-0.39, 0.29) is 23.1 Å². The van der Waals surface area contributed by atoms with Crippen molar-refractivity contribution in [3.05, 3.63) is 29.8 Å². The zero-order valence-electron chi connectivity index (χ0n) is 13.2. The van der Waals surface area contributed by atoms with Crippen molar-refractivity contribution in [2.45, 2.75) is 19.3 Å². The van der Waals surface area contributed by atoms with E-state index in [9.17, 15) is 9.59 Å². The molecular weight excluding hydrogens is 278 g/mol. The third-order valence-electron chi connectivity index (χ3n) is 4.89. The Hall–Kier alpha value is -1.88. The molecule has 0 aromatic heterocycles. The molecule has 1 aromatic carbocycles. The van der Waals surface area contributed by atoms with Gasteiger partial charge in [0.15, 0.2) is 0 Å². The lowest BCUT2D eigenvalue weighted by Gasteiger charge is -2.23. The van der Waals surface area contributed by atoms with Gasteiger partial charge in [-0.2, -0.15) is 0 Å². The van der Waals surface area contributed by atoms with Gasteiger partial charge in [-0.15, -0.1) is 0 Å². The number of anilines is 1. The van der Waals surface area contributed by atoms with Crippen molar-refractivity contribution in [3.8, 4) is 0 Å². The first kappa shape index (κ1) is 15.0. The molecule has 1 heterocycles. The molecule has 1 aliphatic heterocycles. The largest absolute Gasteiger partial charge is 0.345 e. The van der Waals surface area contributed by atoms with Crippen molar-refractivity contribution in [2.75, 3.05) is 32.5 Å². The number of hydrogen-bond acceptors (Lipinski definition) is 3. The molecule has 5 nitrogen and oxygen atoms in total. The maximum atomic E-state index is 12.4. The van der Waals surface area contributed by atoms with Gasteiger partial charge in [0.25, 0.3) is 5.91 Å². The summed E-state index contributed by atoms with van der Waals surface area (Å²) in [7, 11) is 3.44. The molecule has 1 aliphatic carbocycles. The molecule has 0 bridgehead atoms. The van der Waals surface area contributed by atoms with Crippen molar-refractivity contribution in [2.24, 2.45) is 11.3 Å². The number of rotatable bonds is 3. The fraction of sp³-hybridized carbons (Fsp3) is 0.529. The summed E-state index contributed by atoms with van der Waals surface area (Å²) in [5.74, 6) is 0.163. The van der Waals surface area contributed by atoms with E-state index in [0.29, 0.717) is 11.3 Å². The maximum Gasteiger partial charge on any atom is 0.253 e. The Kier molecular flexibility index (Phi) is 3.91. The maximum absolute atomic E-state index is 12.4. The second-order valence-corrected chi connectivity index (χ2v) is 6.64. The van der Waals surface area contributed by atoms with Gasteiger partial charge in [-0.3, -0.25) is 9.59 Å². The van der Waals surface area contributed by atoms with Crippen LogP contribution in [0.2, 0.25) is 0 Å². The van der Waals surface area contributed by atoms with Gasteiger partial charge in [0, 0.05) is 31.3 Å². The second-order valence-electron chi connectivity index (χ2n) is 6.64. The topological polar surface area (TPSA) is 61.4 Å². The van der Waals surface area contributed by atoms with Gasteiger partial charge in [-0.25, -0.2) is 0 Å². The predicted molar refractivity (Wildman–Crippen MR) is 85.7 cm³/mol. The first-order valence-electron chi connectivity index (χ1n) is 7.85. The van der Waals surface area contributed by atoms with E-state index < -0.39 is 0 Å². The van der Waals surface area contributed by atoms with Crippen molar-refractivity contribution in [3.63, 3.8) is 0 Å². The van der Waals surface area contributed by atoms with E-state index >= 15 is 0 Å². The Morgan fingerprint density at radius 3 is 2.68 bits per heavy atom. The van der Waals surface area contributed by atoms with Gasteiger partial charge >= 0.3 is 0 Å². The molecule has 1 aromatic rings. The van der Waals surface area contributed by atoms with Gasteiger partial charge in [0.2, 0.25) is 5.91 Å². The SMILES string of the molecule is CN(C)C(=O)c1cccc(NC(=O)C2CC23CCNCC3)c1. The lowest BCUT2D eigenvalue weighted by atomic mass is 9.92. The minimum absolute atomic E-state index is 0.0580. The second kappa shape index (κ2) is 5.72. The number of amides is 2. The van der Waals surface area contributed by atoms with E-state index in [1.165, 1.54) is 4.90 Å². The molecule has 22 heavy (non-hydrogen) atoms. The molecule has 1 saturated carbocycles. The van der Waals surface area contributed by atoms with Crippen LogP contribution in [0.4, 0.5) is 5.69 Å². The highest BCUT2D eigenvalue weighted by Gasteiger charge is 2.57. The summed E-state index contributed by atoms with van der Waals surface area (Å²) in [6.07, 6.45) is 3.17. The molecule has 118 valence electrons. The number of nitrogens with one attached hydrogen (secondary N) is 2. The number of benzene rings is 1. The summed E-state index contributed by atoms with van der Waals surface area (Å²) in [6.45, 7) is 2.02. The van der Waals surface area contributed by atoms with Gasteiger partial charge in [-0.05, 0) is 56.0 Å². The number of carbonyl (C=O) groups is 2. The Labute approximate surface area is 131 Å². The standard InChI is InChI=1S/C17H23N3O2/c1-20(2)16(22)12-4-3-5-13(10-12)19-15(21)14-11-17(14)6-8-18-9-7-17/h3-5,10,14,18H,6-9,11H2,1-2H3,(H,19,21). The molecule has 1 atom stereocenters. The first-order valence-corrected chi connectivity index (χ1v) is 7.85. The zero-order valence-corrected chi connectivity index (χ0v) is 13.2. The first-order chi connectivity index (χ1) is 10.5. The average Bonchev–Trinajstić information content (AvgIpc) is 3.20. The van der Waals surface area contributed by atoms with Gasteiger partial charge in [-0.1, -0.05) is 6.07 Å². The van der Waals surface area contributed by atoms with Crippen LogP contribution in [-0.2, 0) is 4.79 Å². The Bertz CT molecular complexity index is 591. The molecule has 1 spiro atoms. The number of nitrogens with zero attached hydrogens (tertiary/aromatic N) is 1. The van der Waals surface area contributed by atoms with Crippen LogP contribution in [0.3, 0.4) is 0 Å². The number of carbonyl (C=O) groups excluding carboxylic acids is 2. The van der Waals surface area contributed by atoms with Crippen LogP contribution in [0, 0.1) is 11.3 Å².